The smallest absolute Gasteiger partial charge is 0.153 e. The Labute approximate surface area is 65.7 Å². The first-order chi connectivity index (χ1) is 3.25. The molecule has 0 radical (unpaired) electrons. The fourth-order valence-corrected chi connectivity index (χ4v) is 0. The topological polar surface area (TPSA) is 0 Å². The molecule has 0 amide bonds. The predicted octanol–water partition coefficient (Wildman–Crippen LogP) is 3.11. The van der Waals surface area contributed by atoms with Gasteiger partial charge in [-0.1, -0.05) is 26.2 Å². The molecule has 0 N–H and O–H groups in total. The lowest BCUT2D eigenvalue weighted by Gasteiger charge is -2.25. The van der Waals surface area contributed by atoms with Crippen molar-refractivity contribution in [2.75, 3.05) is 0 Å². The minimum Gasteiger partial charge on any atom is -0.170 e. The number of hydrogen-bond donors (Lipinski definition) is 0. The molecular formula is C4H12BrClSi2. The van der Waals surface area contributed by atoms with E-state index in [-0.39, 0.29) is 0 Å². The molecule has 0 fully saturated rings. The van der Waals surface area contributed by atoms with Crippen molar-refractivity contribution in [3.8, 4) is 0 Å². The van der Waals surface area contributed by atoms with Crippen LogP contribution in [0.1, 0.15) is 0 Å². The van der Waals surface area contributed by atoms with Gasteiger partial charge < -0.3 is 0 Å². The predicted molar refractivity (Wildman–Crippen MR) is 49.7 cm³/mol. The highest BCUT2D eigenvalue weighted by Crippen LogP contribution is 2.27. The van der Waals surface area contributed by atoms with Crippen LogP contribution in [0.2, 0.25) is 26.2 Å². The SMILES string of the molecule is C[Si](C)(Cl)[Si](C)(C)Br. The van der Waals surface area contributed by atoms with Crippen LogP contribution in [-0.2, 0) is 0 Å². The Balaban J connectivity index is 4.02. The molecule has 0 rings (SSSR count). The maximum Gasteiger partial charge on any atom is 0.153 e. The summed E-state index contributed by atoms with van der Waals surface area (Å²) < 4.78 is 0. The van der Waals surface area contributed by atoms with Crippen LogP contribution in [0.15, 0.2) is 0 Å². The standard InChI is InChI=1S/C4H12BrClSi2/c1-7(2,5)8(3,4)6/h1-4H3. The fraction of sp³-hybridized carbons (Fsp3) is 1.00. The molecule has 0 bridgehead atoms. The quantitative estimate of drug-likeness (QED) is 0.481. The van der Waals surface area contributed by atoms with E-state index in [4.69, 9.17) is 11.1 Å². The highest BCUT2D eigenvalue weighted by atomic mass is 79.9. The Hall–Kier alpha value is 1.20. The van der Waals surface area contributed by atoms with E-state index in [0.29, 0.717) is 0 Å². The largest absolute Gasteiger partial charge is 0.170 e. The van der Waals surface area contributed by atoms with Gasteiger partial charge >= 0.3 is 0 Å². The van der Waals surface area contributed by atoms with Gasteiger partial charge in [-0.3, -0.25) is 0 Å². The summed E-state index contributed by atoms with van der Waals surface area (Å²) in [5, 5.41) is 0. The summed E-state index contributed by atoms with van der Waals surface area (Å²) in [5.74, 6) is 0. The van der Waals surface area contributed by atoms with Gasteiger partial charge in [0.1, 0.15) is 6.21 Å². The van der Waals surface area contributed by atoms with Crippen molar-refractivity contribution in [1.29, 1.82) is 0 Å². The number of halogens is 2. The second kappa shape index (κ2) is 2.44. The molecule has 4 heteroatoms. The third-order valence-electron chi connectivity index (χ3n) is 1.41. The van der Waals surface area contributed by atoms with E-state index in [2.05, 4.69) is 41.5 Å². The molecule has 50 valence electrons. The average Bonchev–Trinajstić information content (AvgIpc) is 1.25. The maximum absolute atomic E-state index is 6.16. The third-order valence-corrected chi connectivity index (χ3v) is 28.0. The summed E-state index contributed by atoms with van der Waals surface area (Å²) >= 11 is 9.83. The Morgan fingerprint density at radius 3 is 1.25 bits per heavy atom. The summed E-state index contributed by atoms with van der Waals surface area (Å²) in [5.41, 5.74) is 0. The van der Waals surface area contributed by atoms with E-state index in [1.807, 2.05) is 0 Å². The molecule has 0 aromatic heterocycles. The van der Waals surface area contributed by atoms with E-state index in [1.54, 1.807) is 0 Å². The second-order valence-electron chi connectivity index (χ2n) is 2.94. The first-order valence-electron chi connectivity index (χ1n) is 2.63. The van der Waals surface area contributed by atoms with Crippen LogP contribution >= 0.6 is 26.4 Å². The van der Waals surface area contributed by atoms with Crippen LogP contribution in [0.5, 0.6) is 0 Å². The monoisotopic (exact) mass is 230 g/mol. The van der Waals surface area contributed by atoms with Crippen LogP contribution in [0, 0.1) is 0 Å². The summed E-state index contributed by atoms with van der Waals surface area (Å²) in [6.45, 7) is 7.56. The minimum absolute atomic E-state index is 1.14. The van der Waals surface area contributed by atoms with Gasteiger partial charge in [-0.2, -0.15) is 11.1 Å². The Kier molecular flexibility index (Phi) is 2.81. The van der Waals surface area contributed by atoms with Gasteiger partial charge in [0.15, 0.2) is 6.90 Å². The third kappa shape index (κ3) is 2.66. The van der Waals surface area contributed by atoms with Gasteiger partial charge in [-0.25, -0.2) is 0 Å². The van der Waals surface area contributed by atoms with Gasteiger partial charge in [0.2, 0.25) is 0 Å². The molecular weight excluding hydrogens is 220 g/mol. The van der Waals surface area contributed by atoms with Crippen molar-refractivity contribution in [3.63, 3.8) is 0 Å². The summed E-state index contributed by atoms with van der Waals surface area (Å²) in [7, 11) is 0. The molecule has 0 aromatic carbocycles. The maximum atomic E-state index is 6.16. The first-order valence-corrected chi connectivity index (χ1v) is 12.9. The van der Waals surface area contributed by atoms with Crippen LogP contribution in [0.3, 0.4) is 0 Å². The van der Waals surface area contributed by atoms with Gasteiger partial charge in [-0.05, 0) is 0 Å². The van der Waals surface area contributed by atoms with Gasteiger partial charge in [-0.15, -0.1) is 15.3 Å². The van der Waals surface area contributed by atoms with Crippen LogP contribution in [-0.4, -0.2) is 13.1 Å². The number of rotatable bonds is 1. The van der Waals surface area contributed by atoms with Crippen molar-refractivity contribution >= 4 is 39.5 Å². The molecule has 0 aliphatic heterocycles. The lowest BCUT2D eigenvalue weighted by atomic mass is 11.9. The molecule has 0 aromatic rings. The highest BCUT2D eigenvalue weighted by Gasteiger charge is 2.37. The van der Waals surface area contributed by atoms with Crippen LogP contribution in [0.25, 0.3) is 0 Å². The lowest BCUT2D eigenvalue weighted by molar-refractivity contribution is 1.93. The van der Waals surface area contributed by atoms with E-state index in [9.17, 15) is 0 Å². The van der Waals surface area contributed by atoms with Gasteiger partial charge in [0.05, 0.1) is 0 Å². The molecule has 0 atom stereocenters. The van der Waals surface area contributed by atoms with E-state index < -0.39 is 13.1 Å². The summed E-state index contributed by atoms with van der Waals surface area (Å²) in [6.07, 6.45) is -1.14. The molecule has 8 heavy (non-hydrogen) atoms. The molecule has 0 saturated heterocycles. The molecule has 0 aliphatic carbocycles. The molecule has 0 spiro atoms. The van der Waals surface area contributed by atoms with E-state index in [0.717, 1.165) is 0 Å². The zero-order valence-corrected chi connectivity index (χ0v) is 10.1. The van der Waals surface area contributed by atoms with Crippen molar-refractivity contribution in [2.24, 2.45) is 0 Å². The van der Waals surface area contributed by atoms with Crippen molar-refractivity contribution in [2.45, 2.75) is 26.2 Å². The second-order valence-corrected chi connectivity index (χ2v) is 28.3. The zero-order chi connectivity index (χ0) is 7.00. The molecule has 0 saturated carbocycles. The first kappa shape index (κ1) is 9.20. The molecule has 0 heterocycles. The van der Waals surface area contributed by atoms with E-state index >= 15 is 0 Å². The van der Waals surface area contributed by atoms with Crippen molar-refractivity contribution in [3.05, 3.63) is 0 Å². The average molecular weight is 232 g/mol. The van der Waals surface area contributed by atoms with E-state index in [1.165, 1.54) is 0 Å². The van der Waals surface area contributed by atoms with Crippen molar-refractivity contribution < 1.29 is 0 Å². The van der Waals surface area contributed by atoms with Gasteiger partial charge in [0.25, 0.3) is 0 Å². The summed E-state index contributed by atoms with van der Waals surface area (Å²) in [4.78, 5) is 0. The molecule has 0 aliphatic rings. The Morgan fingerprint density at radius 1 is 1.12 bits per heavy atom. The Morgan fingerprint density at radius 2 is 1.25 bits per heavy atom. The normalized spacial score (nSPS) is 14.2. The molecule has 0 unspecified atom stereocenters. The Bertz CT molecular complexity index is 69.0. The van der Waals surface area contributed by atoms with Crippen LogP contribution < -0.4 is 0 Å². The lowest BCUT2D eigenvalue weighted by Crippen LogP contribution is -2.44. The summed E-state index contributed by atoms with van der Waals surface area (Å²) in [6, 6.07) is 0. The van der Waals surface area contributed by atoms with Gasteiger partial charge in [0, 0.05) is 0 Å². The minimum atomic E-state index is -1.33. The fourth-order valence-electron chi connectivity index (χ4n) is 0. The highest BCUT2D eigenvalue weighted by molar-refractivity contribution is 9.28. The number of hydrogen-bond acceptors (Lipinski definition) is 0. The molecule has 0 nitrogen and oxygen atoms in total. The van der Waals surface area contributed by atoms with Crippen LogP contribution in [0.4, 0.5) is 0 Å². The van der Waals surface area contributed by atoms with Crippen molar-refractivity contribution in [1.82, 2.24) is 0 Å². The zero-order valence-electron chi connectivity index (χ0n) is 5.76.